The van der Waals surface area contributed by atoms with Gasteiger partial charge in [0.25, 0.3) is 0 Å². The molecule has 2 atom stereocenters. The van der Waals surface area contributed by atoms with Gasteiger partial charge >= 0.3 is 0 Å². The summed E-state index contributed by atoms with van der Waals surface area (Å²) in [6, 6.07) is 7.95. The number of nitrogens with one attached hydrogen (secondary N) is 2. The van der Waals surface area contributed by atoms with Gasteiger partial charge in [-0.25, -0.2) is 0 Å². The number of carbonyl (C=O) groups is 1. The average Bonchev–Trinajstić information content (AvgIpc) is 3.20. The number of halogens is 1. The first kappa shape index (κ1) is 26.6. The lowest BCUT2D eigenvalue weighted by Gasteiger charge is -2.22. The van der Waals surface area contributed by atoms with Crippen molar-refractivity contribution in [3.8, 4) is 0 Å². The van der Waals surface area contributed by atoms with Crippen molar-refractivity contribution in [1.82, 2.24) is 10.2 Å². The highest BCUT2D eigenvalue weighted by Gasteiger charge is 2.24. The van der Waals surface area contributed by atoms with Gasteiger partial charge in [-0.3, -0.25) is 9.79 Å². The molecule has 1 aromatic rings. The van der Waals surface area contributed by atoms with Crippen LogP contribution in [0.5, 0.6) is 0 Å². The summed E-state index contributed by atoms with van der Waals surface area (Å²) in [6.45, 7) is 8.57. The summed E-state index contributed by atoms with van der Waals surface area (Å²) in [5.74, 6) is 1.49. The summed E-state index contributed by atoms with van der Waals surface area (Å²) in [4.78, 5) is 18.8. The van der Waals surface area contributed by atoms with Crippen molar-refractivity contribution in [1.29, 1.82) is 0 Å². The molecule has 0 spiro atoms. The highest BCUT2D eigenvalue weighted by Crippen LogP contribution is 2.17. The zero-order valence-corrected chi connectivity index (χ0v) is 21.0. The van der Waals surface area contributed by atoms with Crippen molar-refractivity contribution in [3.05, 3.63) is 29.8 Å². The summed E-state index contributed by atoms with van der Waals surface area (Å²) in [5.41, 5.74) is 1.94. The Bertz CT molecular complexity index is 672. The molecule has 1 fully saturated rings. The summed E-state index contributed by atoms with van der Waals surface area (Å²) >= 11 is 0. The molecule has 0 radical (unpaired) electrons. The molecule has 0 bridgehead atoms. The molecule has 0 saturated carbocycles. The maximum atomic E-state index is 12.1. The lowest BCUT2D eigenvalue weighted by atomic mass is 10.1. The second-order valence-electron chi connectivity index (χ2n) is 7.57. The van der Waals surface area contributed by atoms with E-state index >= 15 is 0 Å². The number of nitrogens with zero attached hydrogens (tertiary/aromatic N) is 2. The highest BCUT2D eigenvalue weighted by atomic mass is 127. The first-order chi connectivity index (χ1) is 14.1. The number of guanidine groups is 1. The Morgan fingerprint density at radius 3 is 2.87 bits per heavy atom. The third-order valence-electron chi connectivity index (χ3n) is 5.29. The Balaban J connectivity index is 0.00000450. The highest BCUT2D eigenvalue weighted by molar-refractivity contribution is 14.0. The van der Waals surface area contributed by atoms with E-state index in [1.54, 1.807) is 7.11 Å². The maximum absolute atomic E-state index is 12.1. The minimum atomic E-state index is 0. The Hall–Kier alpha value is -1.39. The van der Waals surface area contributed by atoms with Crippen molar-refractivity contribution < 1.29 is 14.3 Å². The molecule has 8 heteroatoms. The number of methoxy groups -OCH3 is 1. The summed E-state index contributed by atoms with van der Waals surface area (Å²) in [5, 5.41) is 6.44. The molecule has 1 aliphatic heterocycles. The van der Waals surface area contributed by atoms with Gasteiger partial charge in [-0.05, 0) is 30.5 Å². The van der Waals surface area contributed by atoms with E-state index < -0.39 is 0 Å². The van der Waals surface area contributed by atoms with E-state index in [9.17, 15) is 4.79 Å². The third kappa shape index (κ3) is 8.77. The van der Waals surface area contributed by atoms with E-state index in [2.05, 4.69) is 26.6 Å². The fourth-order valence-corrected chi connectivity index (χ4v) is 3.28. The van der Waals surface area contributed by atoms with Crippen LogP contribution in [0.25, 0.3) is 0 Å². The molecule has 1 aliphatic rings. The number of hydrogen-bond acceptors (Lipinski definition) is 4. The van der Waals surface area contributed by atoms with Gasteiger partial charge in [0, 0.05) is 51.3 Å². The van der Waals surface area contributed by atoms with Crippen LogP contribution in [0.3, 0.4) is 0 Å². The van der Waals surface area contributed by atoms with Crippen LogP contribution in [-0.4, -0.2) is 63.8 Å². The molecule has 30 heavy (non-hydrogen) atoms. The van der Waals surface area contributed by atoms with Crippen LogP contribution in [0, 0.1) is 11.8 Å². The fraction of sp³-hybridized carbons (Fsp3) is 0.636. The van der Waals surface area contributed by atoms with E-state index in [0.29, 0.717) is 25.7 Å². The maximum Gasteiger partial charge on any atom is 0.227 e. The monoisotopic (exact) mass is 532 g/mol. The van der Waals surface area contributed by atoms with Crippen LogP contribution >= 0.6 is 24.0 Å². The van der Waals surface area contributed by atoms with E-state index in [1.807, 2.05) is 39.1 Å². The molecular formula is C22H37IN4O3. The smallest absolute Gasteiger partial charge is 0.227 e. The number of aliphatic imine (C=N–C) groups is 1. The second kappa shape index (κ2) is 14.6. The standard InChI is InChI=1S/C22H36N4O3.HI/c1-5-17(2)21(27)25-20-8-6-7-18(13-20)14-24-22(23-3)26-10-9-19(15-26)16-29-12-11-28-4;/h6-8,13,17,19H,5,9-12,14-16H2,1-4H3,(H,23,24)(H,25,27);1H. The lowest BCUT2D eigenvalue weighted by molar-refractivity contribution is -0.119. The summed E-state index contributed by atoms with van der Waals surface area (Å²) in [6.07, 6.45) is 1.93. The Morgan fingerprint density at radius 2 is 2.17 bits per heavy atom. The van der Waals surface area contributed by atoms with Gasteiger partial charge < -0.3 is 25.0 Å². The van der Waals surface area contributed by atoms with Crippen LogP contribution in [0.15, 0.2) is 29.3 Å². The van der Waals surface area contributed by atoms with E-state index in [0.717, 1.165) is 49.7 Å². The largest absolute Gasteiger partial charge is 0.382 e. The Labute approximate surface area is 198 Å². The molecule has 0 aromatic heterocycles. The van der Waals surface area contributed by atoms with E-state index in [4.69, 9.17) is 9.47 Å². The minimum absolute atomic E-state index is 0. The zero-order chi connectivity index (χ0) is 21.1. The molecule has 170 valence electrons. The van der Waals surface area contributed by atoms with Crippen LogP contribution in [-0.2, 0) is 20.8 Å². The molecule has 2 N–H and O–H groups in total. The number of likely N-dealkylation sites (tertiary alicyclic amines) is 1. The lowest BCUT2D eigenvalue weighted by Crippen LogP contribution is -2.39. The molecule has 2 unspecified atom stereocenters. The van der Waals surface area contributed by atoms with E-state index in [1.165, 1.54) is 0 Å². The van der Waals surface area contributed by atoms with Crippen molar-refractivity contribution in [2.24, 2.45) is 16.8 Å². The van der Waals surface area contributed by atoms with Crippen LogP contribution in [0.4, 0.5) is 5.69 Å². The predicted molar refractivity (Wildman–Crippen MR) is 133 cm³/mol. The van der Waals surface area contributed by atoms with Gasteiger partial charge in [0.2, 0.25) is 5.91 Å². The van der Waals surface area contributed by atoms with Crippen LogP contribution in [0.2, 0.25) is 0 Å². The Morgan fingerprint density at radius 1 is 1.37 bits per heavy atom. The third-order valence-corrected chi connectivity index (χ3v) is 5.29. The molecule has 1 aromatic carbocycles. The second-order valence-corrected chi connectivity index (χ2v) is 7.57. The van der Waals surface area contributed by atoms with Gasteiger partial charge in [0.15, 0.2) is 5.96 Å². The number of hydrogen-bond donors (Lipinski definition) is 2. The SMILES string of the molecule is CCC(C)C(=O)Nc1cccc(CNC(=NC)N2CCC(COCCOC)C2)c1.I. The normalized spacial score (nSPS) is 17.4. The average molecular weight is 532 g/mol. The van der Waals surface area contributed by atoms with Crippen LogP contribution < -0.4 is 10.6 Å². The fourth-order valence-electron chi connectivity index (χ4n) is 3.28. The molecule has 0 aliphatic carbocycles. The van der Waals surface area contributed by atoms with E-state index in [-0.39, 0.29) is 35.8 Å². The number of ether oxygens (including phenoxy) is 2. The van der Waals surface area contributed by atoms with Gasteiger partial charge in [0.05, 0.1) is 19.8 Å². The predicted octanol–water partition coefficient (Wildman–Crippen LogP) is 3.35. The number of anilines is 1. The molecule has 1 heterocycles. The summed E-state index contributed by atoms with van der Waals surface area (Å²) < 4.78 is 10.7. The molecular weight excluding hydrogens is 495 g/mol. The quantitative estimate of drug-likeness (QED) is 0.209. The molecule has 2 rings (SSSR count). The number of benzene rings is 1. The van der Waals surface area contributed by atoms with Crippen molar-refractivity contribution in [3.63, 3.8) is 0 Å². The first-order valence-corrected chi connectivity index (χ1v) is 10.5. The van der Waals surface area contributed by atoms with Crippen LogP contribution in [0.1, 0.15) is 32.3 Å². The number of amides is 1. The molecule has 1 saturated heterocycles. The Kier molecular flexibility index (Phi) is 13.0. The minimum Gasteiger partial charge on any atom is -0.382 e. The van der Waals surface area contributed by atoms with Gasteiger partial charge in [-0.1, -0.05) is 26.0 Å². The number of carbonyl (C=O) groups excluding carboxylic acids is 1. The number of rotatable bonds is 10. The van der Waals surface area contributed by atoms with Crippen molar-refractivity contribution >= 4 is 41.5 Å². The zero-order valence-electron chi connectivity index (χ0n) is 18.6. The summed E-state index contributed by atoms with van der Waals surface area (Å²) in [7, 11) is 3.50. The molecule has 7 nitrogen and oxygen atoms in total. The topological polar surface area (TPSA) is 75.2 Å². The van der Waals surface area contributed by atoms with Crippen molar-refractivity contribution in [2.75, 3.05) is 52.4 Å². The van der Waals surface area contributed by atoms with Gasteiger partial charge in [-0.2, -0.15) is 0 Å². The first-order valence-electron chi connectivity index (χ1n) is 10.5. The molecule has 1 amide bonds. The van der Waals surface area contributed by atoms with Gasteiger partial charge in [0.1, 0.15) is 0 Å². The van der Waals surface area contributed by atoms with Crippen molar-refractivity contribution in [2.45, 2.75) is 33.2 Å². The van der Waals surface area contributed by atoms with Gasteiger partial charge in [-0.15, -0.1) is 24.0 Å².